The van der Waals surface area contributed by atoms with Gasteiger partial charge in [0.15, 0.2) is 5.13 Å². The molecule has 20 heavy (non-hydrogen) atoms. The third-order valence-electron chi connectivity index (χ3n) is 3.95. The summed E-state index contributed by atoms with van der Waals surface area (Å²) in [5.41, 5.74) is 1.16. The standard InChI is InChI=1S/C15H15N3OS/c1-10-5-4-6-11-12(10)17-14(20-11)18-13(19)15(9-16)7-2-3-8-15/h4-6H,2-3,7-8H2,1H3,(H,17,18,19). The molecule has 1 heterocycles. The summed E-state index contributed by atoms with van der Waals surface area (Å²) in [6.45, 7) is 2.00. The monoisotopic (exact) mass is 285 g/mol. The first kappa shape index (κ1) is 13.1. The van der Waals surface area contributed by atoms with Crippen molar-refractivity contribution in [2.24, 2.45) is 5.41 Å². The van der Waals surface area contributed by atoms with Gasteiger partial charge in [-0.3, -0.25) is 4.79 Å². The number of nitrogens with one attached hydrogen (secondary N) is 1. The van der Waals surface area contributed by atoms with Gasteiger partial charge in [0.1, 0.15) is 5.41 Å². The molecule has 1 aliphatic rings. The molecule has 1 saturated carbocycles. The number of amides is 1. The number of para-hydroxylation sites is 1. The summed E-state index contributed by atoms with van der Waals surface area (Å²) in [5.74, 6) is -0.200. The van der Waals surface area contributed by atoms with E-state index in [1.807, 2.05) is 25.1 Å². The average molecular weight is 285 g/mol. The van der Waals surface area contributed by atoms with E-state index in [1.165, 1.54) is 11.3 Å². The summed E-state index contributed by atoms with van der Waals surface area (Å²) in [7, 11) is 0. The molecule has 0 unspecified atom stereocenters. The van der Waals surface area contributed by atoms with E-state index in [0.29, 0.717) is 18.0 Å². The SMILES string of the molecule is Cc1cccc2sc(NC(=O)C3(C#N)CCCC3)nc12. The summed E-state index contributed by atoms with van der Waals surface area (Å²) < 4.78 is 1.05. The molecule has 0 bridgehead atoms. The quantitative estimate of drug-likeness (QED) is 0.916. The minimum atomic E-state index is -0.854. The number of aryl methyl sites for hydroxylation is 1. The molecule has 102 valence electrons. The van der Waals surface area contributed by atoms with Crippen LogP contribution in [-0.4, -0.2) is 10.9 Å². The Balaban J connectivity index is 1.88. The zero-order valence-electron chi connectivity index (χ0n) is 11.3. The third-order valence-corrected chi connectivity index (χ3v) is 4.88. The number of nitriles is 1. The normalized spacial score (nSPS) is 17.0. The van der Waals surface area contributed by atoms with Crippen LogP contribution in [0.4, 0.5) is 5.13 Å². The molecule has 1 aromatic carbocycles. The number of hydrogen-bond acceptors (Lipinski definition) is 4. The Labute approximate surface area is 121 Å². The number of carbonyl (C=O) groups excluding carboxylic acids is 1. The molecule has 1 aromatic heterocycles. The first-order chi connectivity index (χ1) is 9.64. The zero-order chi connectivity index (χ0) is 14.2. The molecule has 2 aromatic rings. The van der Waals surface area contributed by atoms with E-state index in [9.17, 15) is 10.1 Å². The van der Waals surface area contributed by atoms with Gasteiger partial charge in [0.05, 0.1) is 16.3 Å². The van der Waals surface area contributed by atoms with Crippen molar-refractivity contribution in [1.82, 2.24) is 4.98 Å². The topological polar surface area (TPSA) is 65.8 Å². The number of benzene rings is 1. The van der Waals surface area contributed by atoms with Gasteiger partial charge >= 0.3 is 0 Å². The molecule has 4 nitrogen and oxygen atoms in total. The minimum Gasteiger partial charge on any atom is -0.301 e. The molecule has 1 aliphatic carbocycles. The van der Waals surface area contributed by atoms with Crippen LogP contribution in [0.25, 0.3) is 10.2 Å². The maximum atomic E-state index is 12.4. The maximum Gasteiger partial charge on any atom is 0.246 e. The Hall–Kier alpha value is -1.93. The van der Waals surface area contributed by atoms with Gasteiger partial charge in [-0.05, 0) is 31.4 Å². The van der Waals surface area contributed by atoms with E-state index in [0.717, 1.165) is 28.6 Å². The van der Waals surface area contributed by atoms with Crippen LogP contribution in [0.3, 0.4) is 0 Å². The van der Waals surface area contributed by atoms with Gasteiger partial charge in [0.2, 0.25) is 5.91 Å². The Morgan fingerprint density at radius 2 is 2.20 bits per heavy atom. The Kier molecular flexibility index (Phi) is 3.19. The van der Waals surface area contributed by atoms with Crippen LogP contribution in [0, 0.1) is 23.7 Å². The average Bonchev–Trinajstić information content (AvgIpc) is 3.06. The Morgan fingerprint density at radius 3 is 2.85 bits per heavy atom. The highest BCUT2D eigenvalue weighted by molar-refractivity contribution is 7.22. The van der Waals surface area contributed by atoms with Crippen LogP contribution in [0.1, 0.15) is 31.2 Å². The number of carbonyl (C=O) groups is 1. The summed E-state index contributed by atoms with van der Waals surface area (Å²) in [6, 6.07) is 8.18. The lowest BCUT2D eigenvalue weighted by Crippen LogP contribution is -2.32. The second-order valence-corrected chi connectivity index (χ2v) is 6.33. The smallest absolute Gasteiger partial charge is 0.246 e. The fraction of sp³-hybridized carbons (Fsp3) is 0.400. The zero-order valence-corrected chi connectivity index (χ0v) is 12.1. The van der Waals surface area contributed by atoms with Crippen molar-refractivity contribution in [3.05, 3.63) is 23.8 Å². The summed E-state index contributed by atoms with van der Waals surface area (Å²) >= 11 is 1.46. The van der Waals surface area contributed by atoms with Gasteiger partial charge in [0.25, 0.3) is 0 Å². The fourth-order valence-corrected chi connectivity index (χ4v) is 3.66. The highest BCUT2D eigenvalue weighted by Crippen LogP contribution is 2.39. The minimum absolute atomic E-state index is 0.200. The lowest BCUT2D eigenvalue weighted by molar-refractivity contribution is -0.122. The molecule has 1 fully saturated rings. The number of aromatic nitrogens is 1. The lowest BCUT2D eigenvalue weighted by atomic mass is 9.87. The van der Waals surface area contributed by atoms with Gasteiger partial charge in [0, 0.05) is 0 Å². The van der Waals surface area contributed by atoms with Crippen molar-refractivity contribution in [2.45, 2.75) is 32.6 Å². The van der Waals surface area contributed by atoms with E-state index in [1.54, 1.807) is 0 Å². The van der Waals surface area contributed by atoms with E-state index < -0.39 is 5.41 Å². The van der Waals surface area contributed by atoms with Crippen LogP contribution < -0.4 is 5.32 Å². The van der Waals surface area contributed by atoms with Crippen molar-refractivity contribution in [3.63, 3.8) is 0 Å². The number of rotatable bonds is 2. The van der Waals surface area contributed by atoms with Crippen LogP contribution in [0.15, 0.2) is 18.2 Å². The van der Waals surface area contributed by atoms with Crippen molar-refractivity contribution >= 4 is 32.6 Å². The van der Waals surface area contributed by atoms with Gasteiger partial charge in [-0.25, -0.2) is 4.98 Å². The van der Waals surface area contributed by atoms with E-state index in [4.69, 9.17) is 0 Å². The van der Waals surface area contributed by atoms with Crippen molar-refractivity contribution in [1.29, 1.82) is 5.26 Å². The summed E-state index contributed by atoms with van der Waals surface area (Å²) in [6.07, 6.45) is 3.19. The number of fused-ring (bicyclic) bond motifs is 1. The van der Waals surface area contributed by atoms with Crippen LogP contribution in [0.5, 0.6) is 0 Å². The number of nitrogens with zero attached hydrogens (tertiary/aromatic N) is 2. The molecule has 0 atom stereocenters. The van der Waals surface area contributed by atoms with Crippen LogP contribution >= 0.6 is 11.3 Å². The summed E-state index contributed by atoms with van der Waals surface area (Å²) in [5, 5.41) is 12.7. The largest absolute Gasteiger partial charge is 0.301 e. The Morgan fingerprint density at radius 1 is 1.45 bits per heavy atom. The second kappa shape index (κ2) is 4.88. The molecular formula is C15H15N3OS. The van der Waals surface area contributed by atoms with Crippen LogP contribution in [0.2, 0.25) is 0 Å². The first-order valence-corrected chi connectivity index (χ1v) is 7.55. The molecule has 1 N–H and O–H groups in total. The molecular weight excluding hydrogens is 270 g/mol. The maximum absolute atomic E-state index is 12.4. The fourth-order valence-electron chi connectivity index (χ4n) is 2.72. The number of hydrogen-bond donors (Lipinski definition) is 1. The lowest BCUT2D eigenvalue weighted by Gasteiger charge is -2.17. The third kappa shape index (κ3) is 2.06. The number of anilines is 1. The molecule has 0 spiro atoms. The molecule has 1 amide bonds. The molecule has 0 radical (unpaired) electrons. The van der Waals surface area contributed by atoms with E-state index in [-0.39, 0.29) is 5.91 Å². The van der Waals surface area contributed by atoms with Crippen molar-refractivity contribution in [3.8, 4) is 6.07 Å². The predicted octanol–water partition coefficient (Wildman–Crippen LogP) is 3.63. The second-order valence-electron chi connectivity index (χ2n) is 5.30. The van der Waals surface area contributed by atoms with Gasteiger partial charge in [-0.2, -0.15) is 5.26 Å². The first-order valence-electron chi connectivity index (χ1n) is 6.73. The van der Waals surface area contributed by atoms with E-state index in [2.05, 4.69) is 16.4 Å². The van der Waals surface area contributed by atoms with Gasteiger partial charge in [-0.1, -0.05) is 36.3 Å². The predicted molar refractivity (Wildman–Crippen MR) is 79.5 cm³/mol. The van der Waals surface area contributed by atoms with Gasteiger partial charge < -0.3 is 5.32 Å². The highest BCUT2D eigenvalue weighted by Gasteiger charge is 2.41. The van der Waals surface area contributed by atoms with Crippen molar-refractivity contribution < 1.29 is 4.79 Å². The van der Waals surface area contributed by atoms with Crippen LogP contribution in [-0.2, 0) is 4.79 Å². The Bertz CT molecular complexity index is 707. The highest BCUT2D eigenvalue weighted by atomic mass is 32.1. The molecule has 0 aliphatic heterocycles. The van der Waals surface area contributed by atoms with Crippen molar-refractivity contribution in [2.75, 3.05) is 5.32 Å². The number of thiazole rings is 1. The van der Waals surface area contributed by atoms with E-state index >= 15 is 0 Å². The molecule has 5 heteroatoms. The molecule has 0 saturated heterocycles. The molecule has 3 rings (SSSR count). The van der Waals surface area contributed by atoms with Gasteiger partial charge in [-0.15, -0.1) is 0 Å². The summed E-state index contributed by atoms with van der Waals surface area (Å²) in [4.78, 5) is 16.8.